The molecule has 2 heterocycles. The Hall–Kier alpha value is -1.17. The van der Waals surface area contributed by atoms with Crippen LogP contribution in [0.4, 0.5) is 0 Å². The van der Waals surface area contributed by atoms with Gasteiger partial charge in [0.2, 0.25) is 5.91 Å². The van der Waals surface area contributed by atoms with Crippen LogP contribution < -0.4 is 5.73 Å². The van der Waals surface area contributed by atoms with Crippen molar-refractivity contribution in [2.24, 2.45) is 23.5 Å². The van der Waals surface area contributed by atoms with Gasteiger partial charge in [-0.3, -0.25) is 14.7 Å². The average Bonchev–Trinajstić information content (AvgIpc) is 2.62. The van der Waals surface area contributed by atoms with E-state index in [9.17, 15) is 4.79 Å². The molecule has 3 fully saturated rings. The fourth-order valence-corrected chi connectivity index (χ4v) is 5.12. The third kappa shape index (κ3) is 4.21. The van der Waals surface area contributed by atoms with Crippen LogP contribution in [0.3, 0.4) is 0 Å². The van der Waals surface area contributed by atoms with Crippen molar-refractivity contribution in [3.63, 3.8) is 0 Å². The Kier molecular flexibility index (Phi) is 6.54. The van der Waals surface area contributed by atoms with Crippen LogP contribution >= 0.6 is 12.4 Å². The fourth-order valence-electron chi connectivity index (χ4n) is 5.12. The van der Waals surface area contributed by atoms with E-state index in [-0.39, 0.29) is 18.3 Å². The van der Waals surface area contributed by atoms with E-state index in [1.807, 2.05) is 12.4 Å². The van der Waals surface area contributed by atoms with E-state index in [0.717, 1.165) is 45.6 Å². The summed E-state index contributed by atoms with van der Waals surface area (Å²) >= 11 is 0. The number of aromatic nitrogens is 1. The van der Waals surface area contributed by atoms with E-state index >= 15 is 0 Å². The van der Waals surface area contributed by atoms with E-state index in [0.29, 0.717) is 23.8 Å². The molecule has 2 saturated carbocycles. The minimum Gasteiger partial charge on any atom is -0.340 e. The lowest BCUT2D eigenvalue weighted by atomic mass is 9.65. The molecule has 0 aromatic carbocycles. The number of fused-ring (bicyclic) bond motifs is 2. The van der Waals surface area contributed by atoms with Gasteiger partial charge in [0.25, 0.3) is 0 Å². The molecule has 5 nitrogen and oxygen atoms in total. The molecule has 2 bridgehead atoms. The highest BCUT2D eigenvalue weighted by molar-refractivity contribution is 5.85. The first kappa shape index (κ1) is 19.6. The van der Waals surface area contributed by atoms with Crippen molar-refractivity contribution in [3.05, 3.63) is 30.1 Å². The van der Waals surface area contributed by atoms with Gasteiger partial charge < -0.3 is 10.6 Å². The lowest BCUT2D eigenvalue weighted by Gasteiger charge is -2.45. The quantitative estimate of drug-likeness (QED) is 0.876. The van der Waals surface area contributed by atoms with E-state index in [1.165, 1.54) is 24.8 Å². The first-order valence-corrected chi connectivity index (χ1v) is 9.86. The predicted octanol–water partition coefficient (Wildman–Crippen LogP) is 2.30. The maximum absolute atomic E-state index is 13.0. The van der Waals surface area contributed by atoms with E-state index in [1.54, 1.807) is 0 Å². The molecule has 0 spiro atoms. The summed E-state index contributed by atoms with van der Waals surface area (Å²) in [5.74, 6) is 1.78. The summed E-state index contributed by atoms with van der Waals surface area (Å²) in [6.07, 6.45) is 9.49. The highest BCUT2D eigenvalue weighted by Gasteiger charge is 2.41. The molecular formula is C20H31ClN4O. The SMILES string of the molecule is Cl.NC1C2CCCC1CC(C(=O)N1CCN(Cc3ccncc3)CC1)C2. The standard InChI is InChI=1S/C20H30N4O.ClH/c21-19-16-2-1-3-17(19)13-18(12-16)20(25)24-10-8-23(9-11-24)14-15-4-6-22-7-5-15;/h4-7,16-19H,1-3,8-14,21H2;1H. The summed E-state index contributed by atoms with van der Waals surface area (Å²) in [6, 6.07) is 4.48. The third-order valence-corrected chi connectivity index (χ3v) is 6.60. The molecule has 6 heteroatoms. The Morgan fingerprint density at radius 1 is 1.08 bits per heavy atom. The zero-order chi connectivity index (χ0) is 17.2. The monoisotopic (exact) mass is 378 g/mol. The molecule has 3 aliphatic rings. The summed E-state index contributed by atoms with van der Waals surface area (Å²) in [5, 5.41) is 0. The topological polar surface area (TPSA) is 62.5 Å². The van der Waals surface area contributed by atoms with Crippen LogP contribution in [0.5, 0.6) is 0 Å². The van der Waals surface area contributed by atoms with Crippen molar-refractivity contribution >= 4 is 18.3 Å². The number of amides is 1. The molecule has 144 valence electrons. The Bertz CT molecular complexity index is 577. The molecule has 1 aromatic heterocycles. The van der Waals surface area contributed by atoms with Gasteiger partial charge in [-0.05, 0) is 55.2 Å². The maximum Gasteiger partial charge on any atom is 0.225 e. The molecular weight excluding hydrogens is 348 g/mol. The van der Waals surface area contributed by atoms with E-state index < -0.39 is 0 Å². The number of halogens is 1. The molecule has 2 N–H and O–H groups in total. The van der Waals surface area contributed by atoms with E-state index in [4.69, 9.17) is 5.73 Å². The lowest BCUT2D eigenvalue weighted by molar-refractivity contribution is -0.140. The van der Waals surface area contributed by atoms with Gasteiger partial charge in [-0.25, -0.2) is 0 Å². The highest BCUT2D eigenvalue weighted by Crippen LogP contribution is 2.42. The number of pyridine rings is 1. The Morgan fingerprint density at radius 3 is 2.31 bits per heavy atom. The average molecular weight is 379 g/mol. The van der Waals surface area contributed by atoms with Crippen LogP contribution in [0.15, 0.2) is 24.5 Å². The van der Waals surface area contributed by atoms with Crippen LogP contribution in [0.2, 0.25) is 0 Å². The van der Waals surface area contributed by atoms with Gasteiger partial charge in [0.05, 0.1) is 0 Å². The van der Waals surface area contributed by atoms with Crippen molar-refractivity contribution < 1.29 is 4.79 Å². The van der Waals surface area contributed by atoms with Crippen molar-refractivity contribution in [1.82, 2.24) is 14.8 Å². The Balaban J connectivity index is 0.00000196. The van der Waals surface area contributed by atoms with Gasteiger partial charge >= 0.3 is 0 Å². The number of rotatable bonds is 3. The summed E-state index contributed by atoms with van der Waals surface area (Å²) in [4.78, 5) is 21.6. The number of piperazine rings is 1. The van der Waals surface area contributed by atoms with Crippen molar-refractivity contribution in [2.75, 3.05) is 26.2 Å². The second kappa shape index (κ2) is 8.68. The zero-order valence-electron chi connectivity index (χ0n) is 15.4. The van der Waals surface area contributed by atoms with E-state index in [2.05, 4.69) is 26.9 Å². The Morgan fingerprint density at radius 2 is 1.69 bits per heavy atom. The van der Waals surface area contributed by atoms with Crippen LogP contribution in [0.25, 0.3) is 0 Å². The summed E-state index contributed by atoms with van der Waals surface area (Å²) in [6.45, 7) is 4.61. The van der Waals surface area contributed by atoms with Gasteiger partial charge in [-0.15, -0.1) is 12.4 Å². The number of carbonyl (C=O) groups excluding carboxylic acids is 1. The third-order valence-electron chi connectivity index (χ3n) is 6.60. The second-order valence-electron chi connectivity index (χ2n) is 8.15. The number of nitrogens with zero attached hydrogens (tertiary/aromatic N) is 3. The van der Waals surface area contributed by atoms with Gasteiger partial charge in [0, 0.05) is 57.1 Å². The molecule has 2 aliphatic carbocycles. The zero-order valence-corrected chi connectivity index (χ0v) is 16.2. The molecule has 1 amide bonds. The van der Waals surface area contributed by atoms with Crippen molar-refractivity contribution in [1.29, 1.82) is 0 Å². The minimum atomic E-state index is 0. The fraction of sp³-hybridized carbons (Fsp3) is 0.700. The maximum atomic E-state index is 13.0. The first-order valence-electron chi connectivity index (χ1n) is 9.86. The molecule has 2 atom stereocenters. The first-order chi connectivity index (χ1) is 12.2. The largest absolute Gasteiger partial charge is 0.340 e. The van der Waals surface area contributed by atoms with Crippen molar-refractivity contribution in [3.8, 4) is 0 Å². The highest BCUT2D eigenvalue weighted by atomic mass is 35.5. The van der Waals surface area contributed by atoms with Gasteiger partial charge in [-0.1, -0.05) is 6.42 Å². The van der Waals surface area contributed by atoms with Gasteiger partial charge in [0.1, 0.15) is 0 Å². The Labute approximate surface area is 162 Å². The number of hydrogen-bond acceptors (Lipinski definition) is 4. The van der Waals surface area contributed by atoms with Crippen molar-refractivity contribution in [2.45, 2.75) is 44.7 Å². The molecule has 1 aliphatic heterocycles. The summed E-state index contributed by atoms with van der Waals surface area (Å²) < 4.78 is 0. The van der Waals surface area contributed by atoms with Crippen LogP contribution in [-0.2, 0) is 11.3 Å². The number of nitrogens with two attached hydrogens (primary N) is 1. The summed E-state index contributed by atoms with van der Waals surface area (Å²) in [5.41, 5.74) is 7.68. The smallest absolute Gasteiger partial charge is 0.225 e. The molecule has 4 rings (SSSR count). The van der Waals surface area contributed by atoms with Crippen LogP contribution in [0.1, 0.15) is 37.7 Å². The normalized spacial score (nSPS) is 32.0. The lowest BCUT2D eigenvalue weighted by Crippen LogP contribution is -2.53. The summed E-state index contributed by atoms with van der Waals surface area (Å²) in [7, 11) is 0. The molecule has 1 aromatic rings. The number of carbonyl (C=O) groups is 1. The van der Waals surface area contributed by atoms with Gasteiger partial charge in [-0.2, -0.15) is 0 Å². The molecule has 26 heavy (non-hydrogen) atoms. The molecule has 2 unspecified atom stereocenters. The predicted molar refractivity (Wildman–Crippen MR) is 105 cm³/mol. The van der Waals surface area contributed by atoms with Crippen LogP contribution in [-0.4, -0.2) is 52.9 Å². The van der Waals surface area contributed by atoms with Gasteiger partial charge in [0.15, 0.2) is 0 Å². The minimum absolute atomic E-state index is 0. The molecule has 1 saturated heterocycles. The molecule has 0 radical (unpaired) electrons. The second-order valence-corrected chi connectivity index (χ2v) is 8.15. The number of hydrogen-bond donors (Lipinski definition) is 1. The van der Waals surface area contributed by atoms with Crippen LogP contribution in [0, 0.1) is 17.8 Å².